The summed E-state index contributed by atoms with van der Waals surface area (Å²) in [6, 6.07) is 0. The number of hydrogen-bond acceptors (Lipinski definition) is 1. The van der Waals surface area contributed by atoms with Gasteiger partial charge in [0.2, 0.25) is 0 Å². The number of methoxy groups -OCH3 is 1. The molecule has 0 aromatic heterocycles. The van der Waals surface area contributed by atoms with Gasteiger partial charge >= 0.3 is 6.18 Å². The molecular formula is C20H33F3O. The molecule has 140 valence electrons. The molecule has 0 aromatic rings. The van der Waals surface area contributed by atoms with Crippen molar-refractivity contribution in [3.05, 3.63) is 12.2 Å². The SMILES string of the molecule is COCCC(CC=C[C@H]1CC[C@H](C2CCCCC2)CC1)C(F)(F)F. The zero-order chi connectivity index (χ0) is 17.4. The van der Waals surface area contributed by atoms with Gasteiger partial charge in [0.25, 0.3) is 0 Å². The normalized spacial score (nSPS) is 28.3. The van der Waals surface area contributed by atoms with E-state index < -0.39 is 12.1 Å². The third-order valence-electron chi connectivity index (χ3n) is 6.10. The van der Waals surface area contributed by atoms with Gasteiger partial charge in [-0.05, 0) is 56.3 Å². The fourth-order valence-corrected chi connectivity index (χ4v) is 4.52. The molecule has 1 atom stereocenters. The molecule has 0 N–H and O–H groups in total. The highest BCUT2D eigenvalue weighted by Gasteiger charge is 2.38. The summed E-state index contributed by atoms with van der Waals surface area (Å²) in [6.07, 6.45) is 11.7. The molecule has 4 heteroatoms. The van der Waals surface area contributed by atoms with Crippen molar-refractivity contribution in [3.8, 4) is 0 Å². The van der Waals surface area contributed by atoms with E-state index in [2.05, 4.69) is 6.08 Å². The van der Waals surface area contributed by atoms with E-state index in [1.54, 1.807) is 6.08 Å². The second-order valence-electron chi connectivity index (χ2n) is 7.76. The van der Waals surface area contributed by atoms with Crippen molar-refractivity contribution in [1.82, 2.24) is 0 Å². The van der Waals surface area contributed by atoms with Crippen LogP contribution in [0.3, 0.4) is 0 Å². The molecule has 0 bridgehead atoms. The van der Waals surface area contributed by atoms with Gasteiger partial charge in [-0.2, -0.15) is 13.2 Å². The molecule has 1 nitrogen and oxygen atoms in total. The molecule has 2 aliphatic carbocycles. The van der Waals surface area contributed by atoms with Crippen molar-refractivity contribution in [3.63, 3.8) is 0 Å². The zero-order valence-electron chi connectivity index (χ0n) is 15.0. The van der Waals surface area contributed by atoms with Gasteiger partial charge in [-0.15, -0.1) is 0 Å². The molecule has 0 heterocycles. The maximum absolute atomic E-state index is 13.0. The molecule has 0 amide bonds. The highest BCUT2D eigenvalue weighted by molar-refractivity contribution is 4.94. The molecule has 0 aliphatic heterocycles. The van der Waals surface area contributed by atoms with Crippen LogP contribution in [0, 0.1) is 23.7 Å². The van der Waals surface area contributed by atoms with Crippen molar-refractivity contribution in [2.75, 3.05) is 13.7 Å². The fourth-order valence-electron chi connectivity index (χ4n) is 4.52. The Hall–Kier alpha value is -0.510. The number of halogens is 3. The van der Waals surface area contributed by atoms with Crippen LogP contribution in [0.4, 0.5) is 13.2 Å². The second kappa shape index (κ2) is 9.84. The average Bonchev–Trinajstić information content (AvgIpc) is 2.58. The molecule has 0 saturated heterocycles. The first-order chi connectivity index (χ1) is 11.5. The largest absolute Gasteiger partial charge is 0.392 e. The number of ether oxygens (including phenoxy) is 1. The summed E-state index contributed by atoms with van der Waals surface area (Å²) in [5.74, 6) is 1.01. The second-order valence-corrected chi connectivity index (χ2v) is 7.76. The number of allylic oxidation sites excluding steroid dienone is 2. The lowest BCUT2D eigenvalue weighted by molar-refractivity contribution is -0.177. The highest BCUT2D eigenvalue weighted by atomic mass is 19.4. The monoisotopic (exact) mass is 346 g/mol. The Morgan fingerprint density at radius 3 is 2.17 bits per heavy atom. The molecule has 0 spiro atoms. The van der Waals surface area contributed by atoms with E-state index in [0.29, 0.717) is 5.92 Å². The van der Waals surface area contributed by atoms with Crippen molar-refractivity contribution >= 4 is 0 Å². The van der Waals surface area contributed by atoms with E-state index in [-0.39, 0.29) is 19.4 Å². The number of rotatable bonds is 7. The van der Waals surface area contributed by atoms with Gasteiger partial charge in [-0.25, -0.2) is 0 Å². The van der Waals surface area contributed by atoms with Crippen LogP contribution in [-0.2, 0) is 4.74 Å². The first-order valence-corrected chi connectivity index (χ1v) is 9.73. The van der Waals surface area contributed by atoms with E-state index in [1.165, 1.54) is 52.1 Å². The lowest BCUT2D eigenvalue weighted by Crippen LogP contribution is -2.24. The van der Waals surface area contributed by atoms with Gasteiger partial charge < -0.3 is 4.74 Å². The van der Waals surface area contributed by atoms with Crippen LogP contribution >= 0.6 is 0 Å². The maximum Gasteiger partial charge on any atom is 0.392 e. The van der Waals surface area contributed by atoms with Crippen molar-refractivity contribution in [2.24, 2.45) is 23.7 Å². The summed E-state index contributed by atoms with van der Waals surface area (Å²) in [5.41, 5.74) is 0. The first-order valence-electron chi connectivity index (χ1n) is 9.73. The van der Waals surface area contributed by atoms with Crippen molar-refractivity contribution in [2.45, 2.75) is 76.8 Å². The van der Waals surface area contributed by atoms with E-state index in [0.717, 1.165) is 24.7 Å². The minimum Gasteiger partial charge on any atom is -0.385 e. The Kier molecular flexibility index (Phi) is 8.12. The van der Waals surface area contributed by atoms with Crippen LogP contribution in [0.15, 0.2) is 12.2 Å². The summed E-state index contributed by atoms with van der Waals surface area (Å²) in [4.78, 5) is 0. The Morgan fingerprint density at radius 2 is 1.58 bits per heavy atom. The smallest absolute Gasteiger partial charge is 0.385 e. The maximum atomic E-state index is 13.0. The molecule has 1 unspecified atom stereocenters. The van der Waals surface area contributed by atoms with Gasteiger partial charge in [0, 0.05) is 13.7 Å². The topological polar surface area (TPSA) is 9.23 Å². The minimum atomic E-state index is -4.12. The van der Waals surface area contributed by atoms with E-state index in [4.69, 9.17) is 4.74 Å². The summed E-state index contributed by atoms with van der Waals surface area (Å²) in [5, 5.41) is 0. The Bertz CT molecular complexity index is 364. The van der Waals surface area contributed by atoms with Crippen LogP contribution in [0.2, 0.25) is 0 Å². The Labute approximate surface area is 145 Å². The van der Waals surface area contributed by atoms with E-state index in [1.807, 2.05) is 0 Å². The van der Waals surface area contributed by atoms with Crippen LogP contribution in [-0.4, -0.2) is 19.9 Å². The minimum absolute atomic E-state index is 0.0543. The van der Waals surface area contributed by atoms with Crippen molar-refractivity contribution in [1.29, 1.82) is 0 Å². The first kappa shape index (κ1) is 19.8. The van der Waals surface area contributed by atoms with Crippen LogP contribution in [0.5, 0.6) is 0 Å². The Morgan fingerprint density at radius 1 is 0.958 bits per heavy atom. The molecule has 24 heavy (non-hydrogen) atoms. The third-order valence-corrected chi connectivity index (χ3v) is 6.10. The highest BCUT2D eigenvalue weighted by Crippen LogP contribution is 2.40. The predicted octanol–water partition coefficient (Wildman–Crippen LogP) is 6.53. The van der Waals surface area contributed by atoms with Crippen molar-refractivity contribution < 1.29 is 17.9 Å². The summed E-state index contributed by atoms with van der Waals surface area (Å²) in [7, 11) is 1.45. The van der Waals surface area contributed by atoms with Crippen LogP contribution in [0.1, 0.15) is 70.6 Å². The van der Waals surface area contributed by atoms with Crippen LogP contribution in [0.25, 0.3) is 0 Å². The molecule has 0 aromatic carbocycles. The molecule has 0 radical (unpaired) electrons. The van der Waals surface area contributed by atoms with Gasteiger partial charge in [0.1, 0.15) is 0 Å². The van der Waals surface area contributed by atoms with Crippen LogP contribution < -0.4 is 0 Å². The molecule has 2 saturated carbocycles. The Balaban J connectivity index is 1.72. The number of hydrogen-bond donors (Lipinski definition) is 0. The van der Waals surface area contributed by atoms with E-state index in [9.17, 15) is 13.2 Å². The molecular weight excluding hydrogens is 313 g/mol. The summed E-state index contributed by atoms with van der Waals surface area (Å²) in [6.45, 7) is 0.171. The molecule has 2 fully saturated rings. The quantitative estimate of drug-likeness (QED) is 0.476. The third kappa shape index (κ3) is 6.42. The number of alkyl halides is 3. The predicted molar refractivity (Wildman–Crippen MR) is 91.8 cm³/mol. The van der Waals surface area contributed by atoms with E-state index >= 15 is 0 Å². The average molecular weight is 346 g/mol. The zero-order valence-corrected chi connectivity index (χ0v) is 15.0. The van der Waals surface area contributed by atoms with Gasteiger partial charge in [-0.3, -0.25) is 0 Å². The fraction of sp³-hybridized carbons (Fsp3) is 0.900. The summed E-state index contributed by atoms with van der Waals surface area (Å²) < 4.78 is 43.7. The van der Waals surface area contributed by atoms with Gasteiger partial charge in [0.05, 0.1) is 5.92 Å². The molecule has 2 rings (SSSR count). The van der Waals surface area contributed by atoms with Gasteiger partial charge in [0.15, 0.2) is 0 Å². The lowest BCUT2D eigenvalue weighted by atomic mass is 9.71. The standard InChI is InChI=1S/C20H33F3O/c1-24-15-14-19(20(21,22)23)9-5-6-16-10-12-18(13-11-16)17-7-3-2-4-8-17/h5-6,16-19H,2-4,7-15H2,1H3/t16-,18-,19?. The van der Waals surface area contributed by atoms with Gasteiger partial charge in [-0.1, -0.05) is 44.3 Å². The molecule has 2 aliphatic rings. The lowest BCUT2D eigenvalue weighted by Gasteiger charge is -2.35. The summed E-state index contributed by atoms with van der Waals surface area (Å²) >= 11 is 0.